The smallest absolute Gasteiger partial charge is 0.231 e. The molecule has 6 nitrogen and oxygen atoms in total. The highest BCUT2D eigenvalue weighted by molar-refractivity contribution is 5.94. The molecule has 0 saturated carbocycles. The number of aromatic nitrogens is 2. The van der Waals surface area contributed by atoms with Crippen molar-refractivity contribution in [1.29, 1.82) is 0 Å². The lowest BCUT2D eigenvalue weighted by molar-refractivity contribution is -0.120. The van der Waals surface area contributed by atoms with Crippen LogP contribution < -0.4 is 10.2 Å². The first kappa shape index (κ1) is 17.5. The minimum atomic E-state index is -0.368. The van der Waals surface area contributed by atoms with Crippen LogP contribution in [-0.2, 0) is 4.79 Å². The predicted molar refractivity (Wildman–Crippen MR) is 101 cm³/mol. The van der Waals surface area contributed by atoms with Gasteiger partial charge in [-0.15, -0.1) is 0 Å². The van der Waals surface area contributed by atoms with Gasteiger partial charge in [-0.1, -0.05) is 6.07 Å². The number of hydrogen-bond donors (Lipinski definition) is 1. The Balaban J connectivity index is 1.56. The molecule has 3 aromatic rings. The van der Waals surface area contributed by atoms with Gasteiger partial charge in [-0.3, -0.25) is 4.79 Å². The molecule has 1 N–H and O–H groups in total. The Morgan fingerprint density at radius 3 is 3.00 bits per heavy atom. The number of benzene rings is 1. The lowest BCUT2D eigenvalue weighted by Gasteiger charge is -2.33. The first-order valence-electron chi connectivity index (χ1n) is 9.05. The van der Waals surface area contributed by atoms with Crippen molar-refractivity contribution in [3.05, 3.63) is 47.7 Å². The first-order chi connectivity index (χ1) is 13.0. The van der Waals surface area contributed by atoms with E-state index >= 15 is 0 Å². The predicted octanol–water partition coefficient (Wildman–Crippen LogP) is 3.83. The Bertz CT molecular complexity index is 1000. The van der Waals surface area contributed by atoms with Gasteiger partial charge in [0.1, 0.15) is 23.7 Å². The molecule has 4 rings (SSSR count). The van der Waals surface area contributed by atoms with Gasteiger partial charge in [0.15, 0.2) is 0 Å². The lowest BCUT2D eigenvalue weighted by atomic mass is 9.96. The number of halogens is 1. The number of fused-ring (bicyclic) bond motifs is 1. The highest BCUT2D eigenvalue weighted by Gasteiger charge is 2.28. The lowest BCUT2D eigenvalue weighted by Crippen LogP contribution is -2.41. The zero-order chi connectivity index (χ0) is 19.0. The number of aryl methyl sites for hydroxylation is 2. The number of anilines is 2. The van der Waals surface area contributed by atoms with Gasteiger partial charge in [0.25, 0.3) is 0 Å². The fourth-order valence-electron chi connectivity index (χ4n) is 3.60. The van der Waals surface area contributed by atoms with E-state index in [1.165, 1.54) is 18.5 Å². The van der Waals surface area contributed by atoms with Crippen LogP contribution in [0.5, 0.6) is 0 Å². The summed E-state index contributed by atoms with van der Waals surface area (Å²) in [7, 11) is 0. The summed E-state index contributed by atoms with van der Waals surface area (Å²) in [6.45, 7) is 5.27. The third kappa shape index (κ3) is 3.37. The molecule has 7 heteroatoms. The van der Waals surface area contributed by atoms with Gasteiger partial charge in [-0.25, -0.2) is 14.4 Å². The van der Waals surface area contributed by atoms with E-state index in [1.807, 2.05) is 13.8 Å². The molecule has 1 aliphatic rings. The number of amides is 1. The van der Waals surface area contributed by atoms with Crippen molar-refractivity contribution in [2.75, 3.05) is 23.3 Å². The molecular weight excluding hydrogens is 347 g/mol. The second-order valence-electron chi connectivity index (χ2n) is 6.95. The van der Waals surface area contributed by atoms with Crippen LogP contribution in [0, 0.1) is 25.6 Å². The van der Waals surface area contributed by atoms with Crippen LogP contribution in [0.25, 0.3) is 11.1 Å². The van der Waals surface area contributed by atoms with E-state index in [9.17, 15) is 9.18 Å². The third-order valence-corrected chi connectivity index (χ3v) is 5.13. The molecule has 2 aromatic heterocycles. The summed E-state index contributed by atoms with van der Waals surface area (Å²) in [5, 5.41) is 3.72. The largest absolute Gasteiger partial charge is 0.443 e. The van der Waals surface area contributed by atoms with Crippen molar-refractivity contribution < 1.29 is 13.6 Å². The molecule has 3 heterocycles. The first-order valence-corrected chi connectivity index (χ1v) is 9.05. The van der Waals surface area contributed by atoms with Gasteiger partial charge in [-0.05, 0) is 44.9 Å². The summed E-state index contributed by atoms with van der Waals surface area (Å²) in [6.07, 6.45) is 3.16. The van der Waals surface area contributed by atoms with E-state index in [4.69, 9.17) is 4.42 Å². The van der Waals surface area contributed by atoms with Crippen LogP contribution in [0.3, 0.4) is 0 Å². The quantitative estimate of drug-likeness (QED) is 0.761. The van der Waals surface area contributed by atoms with Gasteiger partial charge in [-0.2, -0.15) is 0 Å². The Labute approximate surface area is 156 Å². The Kier molecular flexibility index (Phi) is 4.51. The number of carbonyl (C=O) groups excluding carboxylic acids is 1. The molecule has 140 valence electrons. The number of hydrogen-bond acceptors (Lipinski definition) is 5. The summed E-state index contributed by atoms with van der Waals surface area (Å²) < 4.78 is 19.1. The number of carbonyl (C=O) groups is 1. The summed E-state index contributed by atoms with van der Waals surface area (Å²) >= 11 is 0. The van der Waals surface area contributed by atoms with E-state index in [0.29, 0.717) is 17.9 Å². The fraction of sp³-hybridized carbons (Fsp3) is 0.350. The van der Waals surface area contributed by atoms with Crippen molar-refractivity contribution in [2.45, 2.75) is 26.7 Å². The molecule has 0 spiro atoms. The second kappa shape index (κ2) is 6.98. The molecule has 0 radical (unpaired) electrons. The topological polar surface area (TPSA) is 71.3 Å². The van der Waals surface area contributed by atoms with Gasteiger partial charge in [0.2, 0.25) is 11.6 Å². The molecule has 1 unspecified atom stereocenters. The normalized spacial score (nSPS) is 17.3. The average Bonchev–Trinajstić information content (AvgIpc) is 2.96. The maximum Gasteiger partial charge on any atom is 0.231 e. The maximum atomic E-state index is 13.3. The van der Waals surface area contributed by atoms with E-state index in [-0.39, 0.29) is 17.6 Å². The van der Waals surface area contributed by atoms with Crippen LogP contribution in [0.4, 0.5) is 15.9 Å². The summed E-state index contributed by atoms with van der Waals surface area (Å²) in [5.41, 5.74) is 2.07. The number of piperidine rings is 1. The van der Waals surface area contributed by atoms with E-state index in [1.54, 1.807) is 12.1 Å². The zero-order valence-electron chi connectivity index (χ0n) is 15.3. The van der Waals surface area contributed by atoms with Crippen LogP contribution in [-0.4, -0.2) is 29.0 Å². The van der Waals surface area contributed by atoms with E-state index in [0.717, 1.165) is 41.9 Å². The number of nitrogens with zero attached hydrogens (tertiary/aromatic N) is 3. The molecule has 27 heavy (non-hydrogen) atoms. The highest BCUT2D eigenvalue weighted by atomic mass is 19.1. The molecule has 1 aromatic carbocycles. The zero-order valence-corrected chi connectivity index (χ0v) is 15.3. The molecule has 0 aliphatic carbocycles. The molecular formula is C20H21FN4O2. The van der Waals surface area contributed by atoms with Crippen molar-refractivity contribution in [2.24, 2.45) is 5.92 Å². The maximum absolute atomic E-state index is 13.3. The van der Waals surface area contributed by atoms with Crippen LogP contribution >= 0.6 is 0 Å². The van der Waals surface area contributed by atoms with Gasteiger partial charge < -0.3 is 14.6 Å². The van der Waals surface area contributed by atoms with Gasteiger partial charge in [0, 0.05) is 24.3 Å². The van der Waals surface area contributed by atoms with Gasteiger partial charge in [0.05, 0.1) is 11.3 Å². The van der Waals surface area contributed by atoms with Crippen molar-refractivity contribution in [3.8, 4) is 0 Å². The monoisotopic (exact) mass is 368 g/mol. The van der Waals surface area contributed by atoms with E-state index < -0.39 is 0 Å². The minimum absolute atomic E-state index is 0.101. The number of furan rings is 1. The molecule has 1 aliphatic heterocycles. The number of rotatable bonds is 3. The summed E-state index contributed by atoms with van der Waals surface area (Å²) in [5.74, 6) is 0.963. The SMILES string of the molecule is Cc1oc2ncnc(N3CCCC(C(=O)Nc4cccc(F)c4)C3)c2c1C. The van der Waals surface area contributed by atoms with Crippen LogP contribution in [0.15, 0.2) is 35.0 Å². The Morgan fingerprint density at radius 1 is 1.33 bits per heavy atom. The van der Waals surface area contributed by atoms with E-state index in [2.05, 4.69) is 20.2 Å². The van der Waals surface area contributed by atoms with Crippen LogP contribution in [0.2, 0.25) is 0 Å². The standard InChI is InChI=1S/C20H21FN4O2/c1-12-13(2)27-20-17(12)18(22-11-23-20)25-8-4-5-14(10-25)19(26)24-16-7-3-6-15(21)9-16/h3,6-7,9,11,14H,4-5,8,10H2,1-2H3,(H,24,26). The van der Waals surface area contributed by atoms with Crippen molar-refractivity contribution in [1.82, 2.24) is 9.97 Å². The van der Waals surface area contributed by atoms with Crippen molar-refractivity contribution in [3.63, 3.8) is 0 Å². The Morgan fingerprint density at radius 2 is 2.19 bits per heavy atom. The molecule has 1 fully saturated rings. The molecule has 1 saturated heterocycles. The third-order valence-electron chi connectivity index (χ3n) is 5.13. The Hall–Kier alpha value is -2.96. The minimum Gasteiger partial charge on any atom is -0.443 e. The highest BCUT2D eigenvalue weighted by Crippen LogP contribution is 2.32. The van der Waals surface area contributed by atoms with Crippen LogP contribution in [0.1, 0.15) is 24.2 Å². The molecule has 1 amide bonds. The second-order valence-corrected chi connectivity index (χ2v) is 6.95. The van der Waals surface area contributed by atoms with Crippen molar-refractivity contribution >= 4 is 28.5 Å². The molecule has 1 atom stereocenters. The molecule has 0 bridgehead atoms. The summed E-state index contributed by atoms with van der Waals surface area (Å²) in [6, 6.07) is 5.95. The number of nitrogens with one attached hydrogen (secondary N) is 1. The van der Waals surface area contributed by atoms with Gasteiger partial charge >= 0.3 is 0 Å². The average molecular weight is 368 g/mol. The fourth-order valence-corrected chi connectivity index (χ4v) is 3.60. The summed E-state index contributed by atoms with van der Waals surface area (Å²) in [4.78, 5) is 23.5.